The van der Waals surface area contributed by atoms with Crippen LogP contribution in [0.5, 0.6) is 0 Å². The first-order valence-electron chi connectivity index (χ1n) is 11.2. The summed E-state index contributed by atoms with van der Waals surface area (Å²) in [7, 11) is 0. The van der Waals surface area contributed by atoms with Crippen molar-refractivity contribution in [1.82, 2.24) is 20.4 Å². The first-order chi connectivity index (χ1) is 16.7. The van der Waals surface area contributed by atoms with Crippen LogP contribution in [0, 0.1) is 17.6 Å². The van der Waals surface area contributed by atoms with E-state index >= 15 is 0 Å². The molecule has 35 heavy (non-hydrogen) atoms. The van der Waals surface area contributed by atoms with Crippen molar-refractivity contribution in [3.05, 3.63) is 83.7 Å². The maximum atomic E-state index is 13.6. The van der Waals surface area contributed by atoms with Crippen molar-refractivity contribution in [1.29, 1.82) is 0 Å². The number of carbonyl (C=O) groups excluding carboxylic acids is 2. The molecule has 2 amide bonds. The molecule has 1 aliphatic rings. The van der Waals surface area contributed by atoms with Crippen molar-refractivity contribution in [2.24, 2.45) is 11.7 Å². The third kappa shape index (κ3) is 5.55. The summed E-state index contributed by atoms with van der Waals surface area (Å²) in [6.45, 7) is 1.30. The predicted molar refractivity (Wildman–Crippen MR) is 124 cm³/mol. The van der Waals surface area contributed by atoms with E-state index < -0.39 is 47.1 Å². The first-order valence-corrected chi connectivity index (χ1v) is 11.2. The molecule has 8 nitrogen and oxygen atoms in total. The lowest BCUT2D eigenvalue weighted by Crippen LogP contribution is -2.50. The molecule has 1 fully saturated rings. The van der Waals surface area contributed by atoms with E-state index in [1.54, 1.807) is 23.1 Å². The molecule has 2 aromatic carbocycles. The zero-order chi connectivity index (χ0) is 25.2. The van der Waals surface area contributed by atoms with E-state index in [0.717, 1.165) is 29.4 Å². The molecule has 1 saturated carbocycles. The van der Waals surface area contributed by atoms with Gasteiger partial charge in [0.25, 0.3) is 0 Å². The zero-order valence-electron chi connectivity index (χ0n) is 19.1. The van der Waals surface area contributed by atoms with Crippen molar-refractivity contribution < 1.29 is 23.5 Å². The fourth-order valence-corrected chi connectivity index (χ4v) is 4.53. The van der Waals surface area contributed by atoms with Gasteiger partial charge in [0.1, 0.15) is 11.6 Å². The number of hydrogen-bond donors (Lipinski definition) is 4. The van der Waals surface area contributed by atoms with Crippen LogP contribution < -0.4 is 16.4 Å². The zero-order valence-corrected chi connectivity index (χ0v) is 19.1. The lowest BCUT2D eigenvalue weighted by atomic mass is 9.98. The van der Waals surface area contributed by atoms with Crippen molar-refractivity contribution in [3.63, 3.8) is 0 Å². The van der Waals surface area contributed by atoms with Gasteiger partial charge in [-0.1, -0.05) is 12.1 Å². The third-order valence-electron chi connectivity index (χ3n) is 6.29. The average molecular weight is 484 g/mol. The third-order valence-corrected chi connectivity index (χ3v) is 6.29. The molecule has 4 unspecified atom stereocenters. The quantitative estimate of drug-likeness (QED) is 0.349. The Bertz CT molecular complexity index is 1200. The average Bonchev–Trinajstić information content (AvgIpc) is 3.29. The molecular formula is C25H27F2N5O3. The Morgan fingerprint density at radius 3 is 2.57 bits per heavy atom. The fraction of sp³-hybridized carbons (Fsp3) is 0.320. The number of amides is 2. The van der Waals surface area contributed by atoms with Gasteiger partial charge in [-0.15, -0.1) is 0 Å². The van der Waals surface area contributed by atoms with Gasteiger partial charge in [0.15, 0.2) is 0 Å². The van der Waals surface area contributed by atoms with Crippen LogP contribution in [0.1, 0.15) is 24.5 Å². The Hall–Kier alpha value is -3.63. The molecule has 10 heteroatoms. The van der Waals surface area contributed by atoms with Gasteiger partial charge >= 0.3 is 0 Å². The van der Waals surface area contributed by atoms with E-state index in [4.69, 9.17) is 5.73 Å². The van der Waals surface area contributed by atoms with E-state index in [-0.39, 0.29) is 13.0 Å². The van der Waals surface area contributed by atoms with Gasteiger partial charge in [0.2, 0.25) is 11.8 Å². The molecule has 4 rings (SSSR count). The Balaban J connectivity index is 1.53. The molecule has 5 N–H and O–H groups in total. The highest BCUT2D eigenvalue weighted by Gasteiger charge is 2.58. The van der Waals surface area contributed by atoms with E-state index in [1.165, 1.54) is 6.92 Å². The maximum absolute atomic E-state index is 13.6. The van der Waals surface area contributed by atoms with Gasteiger partial charge in [-0.05, 0) is 54.3 Å². The van der Waals surface area contributed by atoms with Crippen LogP contribution in [0.2, 0.25) is 0 Å². The number of nitrogens with two attached hydrogens (primary N) is 1. The monoisotopic (exact) mass is 483 g/mol. The number of aromatic nitrogens is 2. The minimum Gasteiger partial charge on any atom is -0.390 e. The smallest absolute Gasteiger partial charge is 0.222 e. The number of aliphatic hydroxyl groups excluding tert-OH is 1. The number of halogens is 2. The summed E-state index contributed by atoms with van der Waals surface area (Å²) >= 11 is 0. The number of hydrogen-bond acceptors (Lipinski definition) is 5. The number of carbonyl (C=O) groups is 2. The molecule has 0 aliphatic heterocycles. The molecule has 0 saturated heterocycles. The number of aliphatic hydroxyl groups is 1. The molecule has 3 aromatic rings. The highest BCUT2D eigenvalue weighted by Crippen LogP contribution is 2.52. The molecule has 1 aromatic heterocycles. The second kappa shape index (κ2) is 9.93. The summed E-state index contributed by atoms with van der Waals surface area (Å²) in [5, 5.41) is 21.1. The summed E-state index contributed by atoms with van der Waals surface area (Å²) in [4.78, 5) is 23.8. The van der Waals surface area contributed by atoms with Crippen molar-refractivity contribution >= 4 is 11.8 Å². The van der Waals surface area contributed by atoms with Gasteiger partial charge < -0.3 is 21.5 Å². The summed E-state index contributed by atoms with van der Waals surface area (Å²) in [6, 6.07) is 11.5. The van der Waals surface area contributed by atoms with E-state index in [9.17, 15) is 23.5 Å². The minimum absolute atomic E-state index is 0.00147. The van der Waals surface area contributed by atoms with Crippen LogP contribution in [0.3, 0.4) is 0 Å². The van der Waals surface area contributed by atoms with Crippen LogP contribution in [0.4, 0.5) is 8.78 Å². The topological polar surface area (TPSA) is 122 Å². The molecule has 0 spiro atoms. The lowest BCUT2D eigenvalue weighted by Gasteiger charge is -2.27. The normalized spacial score (nSPS) is 20.7. The Kier molecular flexibility index (Phi) is 6.95. The lowest BCUT2D eigenvalue weighted by molar-refractivity contribution is -0.120. The number of nitrogens with zero attached hydrogens (tertiary/aromatic N) is 2. The first kappa shape index (κ1) is 24.5. The standard InChI is InChI=1S/C25H27F2N5O3/c1-15(33)31-22(10-16-8-18(26)12-19(27)9-16)23(34)14-29-25(13-21(25)24(28)35)17-4-2-5-20(11-17)32-7-3-6-30-32/h2-9,11-12,21-23,29,34H,10,13-14H2,1H3,(H2,28,35)(H,31,33). The molecular weight excluding hydrogens is 456 g/mol. The van der Waals surface area contributed by atoms with Gasteiger partial charge in [0, 0.05) is 31.9 Å². The van der Waals surface area contributed by atoms with Gasteiger partial charge in [-0.25, -0.2) is 13.5 Å². The molecule has 1 heterocycles. The molecule has 0 radical (unpaired) electrons. The van der Waals surface area contributed by atoms with Crippen LogP contribution in [0.15, 0.2) is 60.9 Å². The number of primary amides is 1. The fourth-order valence-electron chi connectivity index (χ4n) is 4.53. The van der Waals surface area contributed by atoms with E-state index in [2.05, 4.69) is 15.7 Å². The summed E-state index contributed by atoms with van der Waals surface area (Å²) in [6.07, 6.45) is 2.79. The number of nitrogens with one attached hydrogen (secondary N) is 2. The number of benzene rings is 2. The second-order valence-electron chi connectivity index (χ2n) is 8.87. The Morgan fingerprint density at radius 1 is 1.23 bits per heavy atom. The van der Waals surface area contributed by atoms with Gasteiger partial charge in [-0.2, -0.15) is 5.10 Å². The second-order valence-corrected chi connectivity index (χ2v) is 8.87. The molecule has 184 valence electrons. The predicted octanol–water partition coefficient (Wildman–Crippen LogP) is 1.55. The SMILES string of the molecule is CC(=O)NC(Cc1cc(F)cc(F)c1)C(O)CNC1(c2cccc(-n3cccn3)c2)CC1C(N)=O. The largest absolute Gasteiger partial charge is 0.390 e. The van der Waals surface area contributed by atoms with Crippen LogP contribution in [-0.2, 0) is 21.5 Å². The highest BCUT2D eigenvalue weighted by atomic mass is 19.1. The summed E-state index contributed by atoms with van der Waals surface area (Å²) in [5.74, 6) is -2.83. The van der Waals surface area contributed by atoms with Crippen LogP contribution in [0.25, 0.3) is 5.69 Å². The van der Waals surface area contributed by atoms with Crippen LogP contribution in [-0.4, -0.2) is 45.4 Å². The van der Waals surface area contributed by atoms with Gasteiger partial charge in [0.05, 0.1) is 29.3 Å². The van der Waals surface area contributed by atoms with E-state index in [1.807, 2.05) is 24.3 Å². The minimum atomic E-state index is -1.12. The summed E-state index contributed by atoms with van der Waals surface area (Å²) in [5.41, 5.74) is 6.73. The van der Waals surface area contributed by atoms with Crippen molar-refractivity contribution in [2.45, 2.75) is 37.5 Å². The van der Waals surface area contributed by atoms with Crippen molar-refractivity contribution in [3.8, 4) is 5.69 Å². The Morgan fingerprint density at radius 2 is 1.97 bits per heavy atom. The summed E-state index contributed by atoms with van der Waals surface area (Å²) < 4.78 is 29.0. The van der Waals surface area contributed by atoms with Crippen molar-refractivity contribution in [2.75, 3.05) is 6.54 Å². The molecule has 4 atom stereocenters. The van der Waals surface area contributed by atoms with Crippen LogP contribution >= 0.6 is 0 Å². The number of rotatable bonds is 10. The Labute approximate surface area is 201 Å². The van der Waals surface area contributed by atoms with E-state index in [0.29, 0.717) is 12.0 Å². The van der Waals surface area contributed by atoms with Gasteiger partial charge in [-0.3, -0.25) is 9.59 Å². The maximum Gasteiger partial charge on any atom is 0.222 e. The highest BCUT2D eigenvalue weighted by molar-refractivity contribution is 5.82. The molecule has 0 bridgehead atoms. The molecule has 1 aliphatic carbocycles.